The fourth-order valence-corrected chi connectivity index (χ4v) is 9.21. The average molecular weight is 413 g/mol. The van der Waals surface area contributed by atoms with E-state index in [9.17, 15) is 5.11 Å². The van der Waals surface area contributed by atoms with E-state index in [0.29, 0.717) is 6.61 Å². The Morgan fingerprint density at radius 3 is 1.79 bits per heavy atom. The van der Waals surface area contributed by atoms with Crippen molar-refractivity contribution in [1.82, 2.24) is 0 Å². The highest BCUT2D eigenvalue weighted by atomic mass is 28.4. The van der Waals surface area contributed by atoms with Gasteiger partial charge >= 0.3 is 0 Å². The molecule has 1 heterocycles. The first kappa shape index (κ1) is 22.2. The van der Waals surface area contributed by atoms with Crippen LogP contribution in [0, 0.1) is 11.3 Å². The molecule has 2 aromatic carbocycles. The standard InChI is InChI=1S/C25H36O3Si/c1-19-17-22(28-23(19)26)25(5,6)18-27-29(24(2,3)4,20-13-9-7-10-14-20)21-15-11-8-12-16-21/h7-16,19,22-23,26H,17-18H2,1-6H3/t19-,22-,23?/m1/s1. The second-order valence-electron chi connectivity index (χ2n) is 10.2. The monoisotopic (exact) mass is 412 g/mol. The summed E-state index contributed by atoms with van der Waals surface area (Å²) in [5, 5.41) is 12.6. The molecule has 1 saturated heterocycles. The molecule has 1 aliphatic heterocycles. The van der Waals surface area contributed by atoms with Gasteiger partial charge in [-0.1, -0.05) is 102 Å². The van der Waals surface area contributed by atoms with E-state index >= 15 is 0 Å². The Balaban J connectivity index is 2.00. The highest BCUT2D eigenvalue weighted by Crippen LogP contribution is 2.41. The van der Waals surface area contributed by atoms with E-state index < -0.39 is 14.6 Å². The molecule has 1 aliphatic rings. The van der Waals surface area contributed by atoms with Crippen LogP contribution >= 0.6 is 0 Å². The molecule has 3 atom stereocenters. The van der Waals surface area contributed by atoms with E-state index in [-0.39, 0.29) is 22.5 Å². The van der Waals surface area contributed by atoms with Gasteiger partial charge in [0.1, 0.15) is 0 Å². The summed E-state index contributed by atoms with van der Waals surface area (Å²) in [6, 6.07) is 21.4. The van der Waals surface area contributed by atoms with Crippen molar-refractivity contribution in [2.45, 2.75) is 65.4 Å². The minimum atomic E-state index is -2.56. The van der Waals surface area contributed by atoms with Gasteiger partial charge in [-0.25, -0.2) is 0 Å². The first-order valence-electron chi connectivity index (χ1n) is 10.7. The molecule has 0 saturated carbocycles. The maximum atomic E-state index is 10.1. The molecule has 1 fully saturated rings. The Kier molecular flexibility index (Phi) is 6.40. The van der Waals surface area contributed by atoms with Crippen molar-refractivity contribution >= 4 is 18.7 Å². The number of benzene rings is 2. The molecule has 0 bridgehead atoms. The van der Waals surface area contributed by atoms with Crippen LogP contribution < -0.4 is 10.4 Å². The lowest BCUT2D eigenvalue weighted by Crippen LogP contribution is -2.67. The molecule has 1 unspecified atom stereocenters. The SMILES string of the molecule is C[C@@H]1C[C@H](C(C)(C)CO[Si](c2ccccc2)(c2ccccc2)C(C)(C)C)OC1O. The van der Waals surface area contributed by atoms with Gasteiger partial charge in [0.05, 0.1) is 6.10 Å². The van der Waals surface area contributed by atoms with Crippen molar-refractivity contribution in [1.29, 1.82) is 0 Å². The van der Waals surface area contributed by atoms with Gasteiger partial charge in [-0.2, -0.15) is 0 Å². The lowest BCUT2D eigenvalue weighted by atomic mass is 9.84. The molecule has 3 rings (SSSR count). The molecule has 2 aromatic rings. The fraction of sp³-hybridized carbons (Fsp3) is 0.520. The molecule has 29 heavy (non-hydrogen) atoms. The summed E-state index contributed by atoms with van der Waals surface area (Å²) < 4.78 is 13.0. The van der Waals surface area contributed by atoms with Crippen molar-refractivity contribution in [2.24, 2.45) is 11.3 Å². The van der Waals surface area contributed by atoms with Crippen LogP contribution in [0.3, 0.4) is 0 Å². The van der Waals surface area contributed by atoms with Gasteiger partial charge in [0, 0.05) is 17.9 Å². The average Bonchev–Trinajstić information content (AvgIpc) is 3.02. The normalized spacial score (nSPS) is 23.3. The van der Waals surface area contributed by atoms with E-state index in [1.807, 2.05) is 6.92 Å². The Morgan fingerprint density at radius 1 is 0.931 bits per heavy atom. The van der Waals surface area contributed by atoms with Gasteiger partial charge in [-0.3, -0.25) is 0 Å². The number of aliphatic hydroxyl groups is 1. The minimum absolute atomic E-state index is 0.00860. The van der Waals surface area contributed by atoms with Gasteiger partial charge in [-0.15, -0.1) is 0 Å². The Bertz CT molecular complexity index is 733. The first-order chi connectivity index (χ1) is 13.6. The zero-order valence-electron chi connectivity index (χ0n) is 18.7. The third-order valence-corrected chi connectivity index (χ3v) is 11.3. The van der Waals surface area contributed by atoms with Gasteiger partial charge in [0.15, 0.2) is 6.29 Å². The van der Waals surface area contributed by atoms with E-state index in [1.54, 1.807) is 0 Å². The Labute approximate surface area is 177 Å². The summed E-state index contributed by atoms with van der Waals surface area (Å²) in [6.45, 7) is 13.9. The summed E-state index contributed by atoms with van der Waals surface area (Å²) in [5.41, 5.74) is -0.196. The van der Waals surface area contributed by atoms with E-state index in [0.717, 1.165) is 6.42 Å². The third-order valence-electron chi connectivity index (χ3n) is 6.33. The second-order valence-corrected chi connectivity index (χ2v) is 14.5. The maximum absolute atomic E-state index is 10.1. The van der Waals surface area contributed by atoms with Crippen LogP contribution in [-0.4, -0.2) is 32.4 Å². The number of rotatable bonds is 6. The van der Waals surface area contributed by atoms with Crippen molar-refractivity contribution in [2.75, 3.05) is 6.61 Å². The van der Waals surface area contributed by atoms with Gasteiger partial charge in [-0.05, 0) is 21.8 Å². The lowest BCUT2D eigenvalue weighted by Gasteiger charge is -2.45. The number of hydrogen-bond acceptors (Lipinski definition) is 3. The van der Waals surface area contributed by atoms with Crippen LogP contribution in [0.25, 0.3) is 0 Å². The van der Waals surface area contributed by atoms with Crippen LogP contribution in [0.15, 0.2) is 60.7 Å². The summed E-state index contributed by atoms with van der Waals surface area (Å²) in [5.74, 6) is 0.159. The van der Waals surface area contributed by atoms with Crippen LogP contribution in [0.1, 0.15) is 48.0 Å². The summed E-state index contributed by atoms with van der Waals surface area (Å²) >= 11 is 0. The predicted molar refractivity (Wildman–Crippen MR) is 122 cm³/mol. The van der Waals surface area contributed by atoms with Crippen LogP contribution in [0.4, 0.5) is 0 Å². The van der Waals surface area contributed by atoms with Crippen molar-refractivity contribution in [3.8, 4) is 0 Å². The molecule has 0 radical (unpaired) electrons. The summed E-state index contributed by atoms with van der Waals surface area (Å²) in [4.78, 5) is 0. The highest BCUT2D eigenvalue weighted by molar-refractivity contribution is 6.99. The van der Waals surface area contributed by atoms with E-state index in [4.69, 9.17) is 9.16 Å². The first-order valence-corrected chi connectivity index (χ1v) is 12.6. The molecule has 0 aliphatic carbocycles. The third kappa shape index (κ3) is 4.36. The van der Waals surface area contributed by atoms with Crippen LogP contribution in [0.5, 0.6) is 0 Å². The quantitative estimate of drug-likeness (QED) is 0.718. The summed E-state index contributed by atoms with van der Waals surface area (Å²) in [7, 11) is -2.56. The molecule has 0 aromatic heterocycles. The number of hydrogen-bond donors (Lipinski definition) is 1. The smallest absolute Gasteiger partial charge is 0.261 e. The zero-order chi connectivity index (χ0) is 21.3. The molecule has 3 nitrogen and oxygen atoms in total. The number of aliphatic hydroxyl groups excluding tert-OH is 1. The number of ether oxygens (including phenoxy) is 1. The molecular weight excluding hydrogens is 376 g/mol. The molecular formula is C25H36O3Si. The summed E-state index contributed by atoms with van der Waals surface area (Å²) in [6.07, 6.45) is 0.177. The van der Waals surface area contributed by atoms with Crippen molar-refractivity contribution in [3.05, 3.63) is 60.7 Å². The lowest BCUT2D eigenvalue weighted by molar-refractivity contribution is -0.136. The molecule has 158 valence electrons. The molecule has 4 heteroatoms. The molecule has 1 N–H and O–H groups in total. The zero-order valence-corrected chi connectivity index (χ0v) is 19.7. The molecule has 0 amide bonds. The van der Waals surface area contributed by atoms with Crippen LogP contribution in [-0.2, 0) is 9.16 Å². The Hall–Kier alpha value is -1.46. The van der Waals surface area contributed by atoms with Crippen LogP contribution in [0.2, 0.25) is 5.04 Å². The van der Waals surface area contributed by atoms with E-state index in [2.05, 4.69) is 95.3 Å². The molecule has 0 spiro atoms. The fourth-order valence-electron chi connectivity index (χ4n) is 4.46. The van der Waals surface area contributed by atoms with Crippen molar-refractivity contribution in [3.63, 3.8) is 0 Å². The maximum Gasteiger partial charge on any atom is 0.261 e. The minimum Gasteiger partial charge on any atom is -0.407 e. The highest BCUT2D eigenvalue weighted by Gasteiger charge is 2.51. The topological polar surface area (TPSA) is 38.7 Å². The second kappa shape index (κ2) is 8.35. The van der Waals surface area contributed by atoms with Gasteiger partial charge in [0.25, 0.3) is 8.32 Å². The predicted octanol–water partition coefficient (Wildman–Crippen LogP) is 4.33. The van der Waals surface area contributed by atoms with Crippen molar-refractivity contribution < 1.29 is 14.3 Å². The Morgan fingerprint density at radius 2 is 1.41 bits per heavy atom. The van der Waals surface area contributed by atoms with E-state index in [1.165, 1.54) is 10.4 Å². The van der Waals surface area contributed by atoms with Gasteiger partial charge < -0.3 is 14.3 Å². The largest absolute Gasteiger partial charge is 0.407 e. The van der Waals surface area contributed by atoms with Gasteiger partial charge in [0.2, 0.25) is 0 Å².